The van der Waals surface area contributed by atoms with Gasteiger partial charge < -0.3 is 19.8 Å². The van der Waals surface area contributed by atoms with Crippen molar-refractivity contribution in [1.82, 2.24) is 4.90 Å². The van der Waals surface area contributed by atoms with E-state index in [0.29, 0.717) is 5.69 Å². The fraction of sp³-hybridized carbons (Fsp3) is 0.526. The van der Waals surface area contributed by atoms with E-state index >= 15 is 0 Å². The lowest BCUT2D eigenvalue weighted by Crippen LogP contribution is -2.23. The summed E-state index contributed by atoms with van der Waals surface area (Å²) in [6, 6.07) is 7.33. The highest BCUT2D eigenvalue weighted by Gasteiger charge is 2.04. The van der Waals surface area contributed by atoms with Crippen molar-refractivity contribution in [2.45, 2.75) is 39.5 Å². The highest BCUT2D eigenvalue weighted by atomic mass is 16.5. The van der Waals surface area contributed by atoms with Crippen molar-refractivity contribution in [3.8, 4) is 5.75 Å². The Labute approximate surface area is 155 Å². The van der Waals surface area contributed by atoms with Gasteiger partial charge in [0.05, 0.1) is 13.2 Å². The quantitative estimate of drug-likeness (QED) is 0.374. The van der Waals surface area contributed by atoms with Gasteiger partial charge in [-0.15, -0.1) is 0 Å². The standard InChI is InChI=1S/C17H26N2O.C2H2O4/c1-4-19(5-2)14-8-6-7-9-15-20-17-12-10-16(18-3)11-13-17;3-1(4)2(5)6/h10-13H,4-9,14-15H2,1-2H3;(H,3,4)(H,5,6). The second-order valence-electron chi connectivity index (χ2n) is 5.51. The number of ether oxygens (including phenoxy) is 1. The summed E-state index contributed by atoms with van der Waals surface area (Å²) in [7, 11) is 0. The molecule has 1 rings (SSSR count). The van der Waals surface area contributed by atoms with E-state index in [0.717, 1.165) is 31.9 Å². The Bertz CT molecular complexity index is 550. The van der Waals surface area contributed by atoms with E-state index in [2.05, 4.69) is 23.6 Å². The van der Waals surface area contributed by atoms with Crippen LogP contribution in [0.15, 0.2) is 24.3 Å². The topological polar surface area (TPSA) is 91.4 Å². The van der Waals surface area contributed by atoms with E-state index in [1.165, 1.54) is 25.8 Å². The first-order valence-corrected chi connectivity index (χ1v) is 8.73. The van der Waals surface area contributed by atoms with Gasteiger partial charge in [-0.2, -0.15) is 0 Å². The number of nitrogens with zero attached hydrogens (tertiary/aromatic N) is 2. The second-order valence-corrected chi connectivity index (χ2v) is 5.51. The minimum atomic E-state index is -1.82. The van der Waals surface area contributed by atoms with Crippen LogP contribution in [0.5, 0.6) is 5.75 Å². The van der Waals surface area contributed by atoms with Gasteiger partial charge in [-0.1, -0.05) is 38.8 Å². The molecule has 144 valence electrons. The van der Waals surface area contributed by atoms with E-state index in [4.69, 9.17) is 31.1 Å². The van der Waals surface area contributed by atoms with Gasteiger partial charge in [-0.05, 0) is 44.6 Å². The van der Waals surface area contributed by atoms with Crippen molar-refractivity contribution in [2.24, 2.45) is 0 Å². The van der Waals surface area contributed by atoms with Crippen molar-refractivity contribution >= 4 is 17.6 Å². The van der Waals surface area contributed by atoms with E-state index < -0.39 is 11.9 Å². The minimum absolute atomic E-state index is 0.661. The molecule has 0 aliphatic carbocycles. The van der Waals surface area contributed by atoms with Crippen LogP contribution in [0, 0.1) is 6.57 Å². The highest BCUT2D eigenvalue weighted by Crippen LogP contribution is 2.18. The molecule has 7 nitrogen and oxygen atoms in total. The molecule has 0 saturated heterocycles. The van der Waals surface area contributed by atoms with E-state index in [-0.39, 0.29) is 0 Å². The molecule has 0 amide bonds. The molecule has 0 aliphatic rings. The molecule has 7 heteroatoms. The molecule has 0 saturated carbocycles. The first kappa shape index (κ1) is 23.4. The minimum Gasteiger partial charge on any atom is -0.494 e. The van der Waals surface area contributed by atoms with Gasteiger partial charge in [0.15, 0.2) is 5.69 Å². The number of carbonyl (C=O) groups is 2. The fourth-order valence-corrected chi connectivity index (χ4v) is 2.14. The predicted molar refractivity (Wildman–Crippen MR) is 99.7 cm³/mol. The van der Waals surface area contributed by atoms with Crippen LogP contribution in [-0.2, 0) is 9.59 Å². The molecule has 0 aliphatic heterocycles. The molecule has 0 unspecified atom stereocenters. The molecule has 1 aromatic rings. The Balaban J connectivity index is 0.000000896. The normalized spacial score (nSPS) is 9.77. The average molecular weight is 364 g/mol. The maximum absolute atomic E-state index is 9.10. The number of carboxylic acids is 2. The second kappa shape index (κ2) is 14.7. The van der Waals surface area contributed by atoms with Crippen molar-refractivity contribution in [2.75, 3.05) is 26.2 Å². The van der Waals surface area contributed by atoms with Crippen LogP contribution in [0.2, 0.25) is 0 Å². The summed E-state index contributed by atoms with van der Waals surface area (Å²) in [6.45, 7) is 15.6. The number of hydrogen-bond acceptors (Lipinski definition) is 4. The summed E-state index contributed by atoms with van der Waals surface area (Å²) < 4.78 is 5.66. The number of rotatable bonds is 10. The maximum atomic E-state index is 9.10. The zero-order chi connectivity index (χ0) is 19.8. The summed E-state index contributed by atoms with van der Waals surface area (Å²) in [5.74, 6) is -2.79. The number of benzene rings is 1. The number of unbranched alkanes of at least 4 members (excludes halogenated alkanes) is 3. The van der Waals surface area contributed by atoms with Crippen LogP contribution in [0.4, 0.5) is 5.69 Å². The molecule has 1 aromatic carbocycles. The van der Waals surface area contributed by atoms with Gasteiger partial charge in [0.2, 0.25) is 0 Å². The zero-order valence-electron chi connectivity index (χ0n) is 15.5. The first-order chi connectivity index (χ1) is 12.4. The molecule has 0 aromatic heterocycles. The Morgan fingerprint density at radius 2 is 1.54 bits per heavy atom. The van der Waals surface area contributed by atoms with E-state index in [1.807, 2.05) is 12.1 Å². The molecule has 26 heavy (non-hydrogen) atoms. The van der Waals surface area contributed by atoms with Gasteiger partial charge in [-0.3, -0.25) is 0 Å². The molecule has 0 spiro atoms. The molecule has 0 fully saturated rings. The number of carboxylic acid groups (broad SMARTS) is 2. The van der Waals surface area contributed by atoms with Gasteiger partial charge in [0.25, 0.3) is 0 Å². The third kappa shape index (κ3) is 11.9. The highest BCUT2D eigenvalue weighted by molar-refractivity contribution is 6.27. The Kier molecular flexibility index (Phi) is 13.3. The molecular formula is C19H28N2O5. The summed E-state index contributed by atoms with van der Waals surface area (Å²) in [5.41, 5.74) is 0.661. The third-order valence-electron chi connectivity index (χ3n) is 3.68. The Morgan fingerprint density at radius 1 is 1.00 bits per heavy atom. The van der Waals surface area contributed by atoms with Gasteiger partial charge in [0, 0.05) is 0 Å². The molecule has 2 N–H and O–H groups in total. The van der Waals surface area contributed by atoms with Crippen LogP contribution in [0.1, 0.15) is 39.5 Å². The van der Waals surface area contributed by atoms with Gasteiger partial charge in [-0.25, -0.2) is 14.4 Å². The lowest BCUT2D eigenvalue weighted by molar-refractivity contribution is -0.159. The van der Waals surface area contributed by atoms with Crippen LogP contribution >= 0.6 is 0 Å². The molecule has 0 atom stereocenters. The SMILES string of the molecule is O=C(O)C(=O)O.[C-]#[N+]c1ccc(OCCCCCCN(CC)CC)cc1. The first-order valence-electron chi connectivity index (χ1n) is 8.73. The van der Waals surface area contributed by atoms with Crippen LogP contribution in [-0.4, -0.2) is 53.3 Å². The van der Waals surface area contributed by atoms with E-state index in [9.17, 15) is 0 Å². The summed E-state index contributed by atoms with van der Waals surface area (Å²) in [5, 5.41) is 14.8. The zero-order valence-corrected chi connectivity index (χ0v) is 15.5. The van der Waals surface area contributed by atoms with Gasteiger partial charge in [0.1, 0.15) is 5.75 Å². The van der Waals surface area contributed by atoms with Crippen molar-refractivity contribution in [3.05, 3.63) is 35.7 Å². The van der Waals surface area contributed by atoms with Crippen LogP contribution < -0.4 is 4.74 Å². The van der Waals surface area contributed by atoms with Gasteiger partial charge >= 0.3 is 11.9 Å². The largest absolute Gasteiger partial charge is 0.494 e. The Morgan fingerprint density at radius 3 is 2.00 bits per heavy atom. The summed E-state index contributed by atoms with van der Waals surface area (Å²) in [6.07, 6.45) is 4.88. The molecular weight excluding hydrogens is 336 g/mol. The summed E-state index contributed by atoms with van der Waals surface area (Å²) in [4.78, 5) is 24.0. The van der Waals surface area contributed by atoms with Crippen molar-refractivity contribution in [3.63, 3.8) is 0 Å². The molecule has 0 radical (unpaired) electrons. The lowest BCUT2D eigenvalue weighted by atomic mass is 10.2. The molecule has 0 heterocycles. The summed E-state index contributed by atoms with van der Waals surface area (Å²) >= 11 is 0. The third-order valence-corrected chi connectivity index (χ3v) is 3.68. The smallest absolute Gasteiger partial charge is 0.414 e. The van der Waals surface area contributed by atoms with Crippen molar-refractivity contribution < 1.29 is 24.5 Å². The average Bonchev–Trinajstić information content (AvgIpc) is 2.65. The molecule has 0 bridgehead atoms. The monoisotopic (exact) mass is 364 g/mol. The fourth-order valence-electron chi connectivity index (χ4n) is 2.14. The number of aliphatic carboxylic acids is 2. The van der Waals surface area contributed by atoms with E-state index in [1.54, 1.807) is 12.1 Å². The van der Waals surface area contributed by atoms with Crippen LogP contribution in [0.25, 0.3) is 4.85 Å². The van der Waals surface area contributed by atoms with Crippen LogP contribution in [0.3, 0.4) is 0 Å². The Hall–Kier alpha value is -2.59. The number of hydrogen-bond donors (Lipinski definition) is 2. The van der Waals surface area contributed by atoms with Crippen molar-refractivity contribution in [1.29, 1.82) is 0 Å². The predicted octanol–water partition coefficient (Wildman–Crippen LogP) is 3.67. The maximum Gasteiger partial charge on any atom is 0.414 e. The lowest BCUT2D eigenvalue weighted by Gasteiger charge is -2.17.